The normalized spacial score (nSPS) is 15.3. The second-order valence-electron chi connectivity index (χ2n) is 8.10. The molecule has 0 radical (unpaired) electrons. The highest BCUT2D eigenvalue weighted by atomic mass is 32.1. The van der Waals surface area contributed by atoms with Gasteiger partial charge in [-0.1, -0.05) is 19.1 Å². The molecule has 0 saturated heterocycles. The van der Waals surface area contributed by atoms with Crippen LogP contribution in [0.15, 0.2) is 53.5 Å². The van der Waals surface area contributed by atoms with E-state index in [2.05, 4.69) is 17.2 Å². The second-order valence-corrected chi connectivity index (χ2v) is 9.18. The topological polar surface area (TPSA) is 67.8 Å². The minimum atomic E-state index is -0.398. The van der Waals surface area contributed by atoms with Crippen molar-refractivity contribution in [3.05, 3.63) is 81.5 Å². The lowest BCUT2D eigenvalue weighted by Gasteiger charge is -2.18. The maximum absolute atomic E-state index is 13.5. The Morgan fingerprint density at radius 3 is 2.76 bits per heavy atom. The molecule has 1 atom stereocenters. The number of nitrogens with zero attached hydrogens (tertiary/aromatic N) is 1. The van der Waals surface area contributed by atoms with Crippen molar-refractivity contribution in [2.75, 3.05) is 11.9 Å². The molecule has 5 nitrogen and oxygen atoms in total. The van der Waals surface area contributed by atoms with E-state index in [1.807, 2.05) is 0 Å². The van der Waals surface area contributed by atoms with Crippen molar-refractivity contribution in [3.8, 4) is 0 Å². The average Bonchev–Trinajstić information content (AvgIpc) is 3.16. The summed E-state index contributed by atoms with van der Waals surface area (Å²) in [5, 5.41) is 3.56. The number of ether oxygens (including phenoxy) is 1. The summed E-state index contributed by atoms with van der Waals surface area (Å²) >= 11 is 1.53. The molecule has 1 aromatic heterocycles. The zero-order valence-corrected chi connectivity index (χ0v) is 19.4. The monoisotopic (exact) mass is 464 g/mol. The number of hydrogen-bond donors (Lipinski definition) is 1. The Hall–Kier alpha value is -3.32. The first-order valence-electron chi connectivity index (χ1n) is 11.0. The first kappa shape index (κ1) is 22.9. The fourth-order valence-corrected chi connectivity index (χ4v) is 5.23. The number of amides is 1. The van der Waals surface area contributed by atoms with Gasteiger partial charge in [-0.25, -0.2) is 14.2 Å². The summed E-state index contributed by atoms with van der Waals surface area (Å²) in [7, 11) is 0. The Labute approximate surface area is 196 Å². The Kier molecular flexibility index (Phi) is 6.99. The molecule has 1 aliphatic carbocycles. The summed E-state index contributed by atoms with van der Waals surface area (Å²) in [5.74, 6) is -0.410. The van der Waals surface area contributed by atoms with Gasteiger partial charge in [-0.2, -0.15) is 0 Å². The number of esters is 1. The summed E-state index contributed by atoms with van der Waals surface area (Å²) in [6.07, 6.45) is 4.36. The van der Waals surface area contributed by atoms with Crippen molar-refractivity contribution in [1.82, 2.24) is 0 Å². The highest BCUT2D eigenvalue weighted by Gasteiger charge is 2.27. The number of halogens is 1. The standard InChI is InChI=1S/C26H25FN2O3S/c1-3-32-26(31)18-8-10-20(11-9-18)29-24(30)23-21-12-7-16(2)13-22(21)33-25(23)28-15-17-5-4-6-19(27)14-17/h4-6,8-11,14-16H,3,7,12-13H2,1-2H3,(H,29,30)/b28-15+. The third-order valence-corrected chi connectivity index (χ3v) is 6.72. The predicted molar refractivity (Wildman–Crippen MR) is 130 cm³/mol. The maximum atomic E-state index is 13.5. The predicted octanol–water partition coefficient (Wildman–Crippen LogP) is 6.19. The lowest BCUT2D eigenvalue weighted by Crippen LogP contribution is -2.16. The van der Waals surface area contributed by atoms with Gasteiger partial charge in [0.25, 0.3) is 5.91 Å². The number of benzene rings is 2. The second kappa shape index (κ2) is 10.1. The summed E-state index contributed by atoms with van der Waals surface area (Å²) in [6, 6.07) is 12.8. The molecule has 1 aliphatic rings. The number of fused-ring (bicyclic) bond motifs is 1. The number of anilines is 1. The number of aliphatic imine (C=N–C) groups is 1. The van der Waals surface area contributed by atoms with E-state index in [1.54, 1.807) is 49.5 Å². The molecule has 3 aromatic rings. The fourth-order valence-electron chi connectivity index (χ4n) is 3.88. The largest absolute Gasteiger partial charge is 0.462 e. The van der Waals surface area contributed by atoms with E-state index >= 15 is 0 Å². The molecular formula is C26H25FN2O3S. The van der Waals surface area contributed by atoms with E-state index < -0.39 is 5.97 Å². The SMILES string of the molecule is CCOC(=O)c1ccc(NC(=O)c2c(/N=C/c3cccc(F)c3)sc3c2CCC(C)C3)cc1. The van der Waals surface area contributed by atoms with Gasteiger partial charge in [0.15, 0.2) is 0 Å². The van der Waals surface area contributed by atoms with Crippen LogP contribution in [0.25, 0.3) is 0 Å². The first-order chi connectivity index (χ1) is 15.9. The molecule has 33 heavy (non-hydrogen) atoms. The van der Waals surface area contributed by atoms with E-state index in [0.29, 0.717) is 39.9 Å². The molecule has 0 fully saturated rings. The number of thiophene rings is 1. The Morgan fingerprint density at radius 2 is 2.03 bits per heavy atom. The molecule has 1 heterocycles. The lowest BCUT2D eigenvalue weighted by molar-refractivity contribution is 0.0526. The summed E-state index contributed by atoms with van der Waals surface area (Å²) in [5.41, 5.74) is 3.26. The van der Waals surface area contributed by atoms with E-state index in [1.165, 1.54) is 28.3 Å². The van der Waals surface area contributed by atoms with Gasteiger partial charge in [0.2, 0.25) is 0 Å². The van der Waals surface area contributed by atoms with Crippen molar-refractivity contribution in [2.24, 2.45) is 10.9 Å². The van der Waals surface area contributed by atoms with Gasteiger partial charge in [0, 0.05) is 16.8 Å². The van der Waals surface area contributed by atoms with Crippen LogP contribution in [0.5, 0.6) is 0 Å². The zero-order valence-electron chi connectivity index (χ0n) is 18.6. The molecule has 0 spiro atoms. The van der Waals surface area contributed by atoms with Gasteiger partial charge >= 0.3 is 5.97 Å². The molecule has 1 N–H and O–H groups in total. The van der Waals surface area contributed by atoms with Crippen LogP contribution in [0.4, 0.5) is 15.1 Å². The van der Waals surface area contributed by atoms with Gasteiger partial charge in [-0.05, 0) is 79.6 Å². The van der Waals surface area contributed by atoms with Crippen LogP contribution in [-0.2, 0) is 17.6 Å². The summed E-state index contributed by atoms with van der Waals surface area (Å²) in [6.45, 7) is 4.27. The smallest absolute Gasteiger partial charge is 0.338 e. The van der Waals surface area contributed by atoms with Crippen molar-refractivity contribution in [3.63, 3.8) is 0 Å². The van der Waals surface area contributed by atoms with Gasteiger partial charge < -0.3 is 10.1 Å². The van der Waals surface area contributed by atoms with Crippen molar-refractivity contribution < 1.29 is 18.7 Å². The molecule has 0 saturated carbocycles. The van der Waals surface area contributed by atoms with Crippen LogP contribution in [0.1, 0.15) is 57.0 Å². The molecule has 170 valence electrons. The molecule has 7 heteroatoms. The van der Waals surface area contributed by atoms with Gasteiger partial charge in [-0.15, -0.1) is 11.3 Å². The molecule has 0 aliphatic heterocycles. The molecule has 2 aromatic carbocycles. The van der Waals surface area contributed by atoms with Crippen molar-refractivity contribution >= 4 is 40.1 Å². The lowest BCUT2D eigenvalue weighted by atomic mass is 9.88. The molecule has 0 bridgehead atoms. The van der Waals surface area contributed by atoms with Crippen LogP contribution in [0, 0.1) is 11.7 Å². The number of rotatable bonds is 6. The van der Waals surface area contributed by atoms with Gasteiger partial charge in [0.05, 0.1) is 17.7 Å². The number of carbonyl (C=O) groups excluding carboxylic acids is 2. The van der Waals surface area contributed by atoms with E-state index in [9.17, 15) is 14.0 Å². The minimum absolute atomic E-state index is 0.239. The molecule has 1 unspecified atom stereocenters. The van der Waals surface area contributed by atoms with Crippen LogP contribution in [-0.4, -0.2) is 24.7 Å². The van der Waals surface area contributed by atoms with Crippen LogP contribution in [0.3, 0.4) is 0 Å². The van der Waals surface area contributed by atoms with E-state index in [-0.39, 0.29) is 11.7 Å². The number of nitrogens with one attached hydrogen (secondary N) is 1. The van der Waals surface area contributed by atoms with Crippen molar-refractivity contribution in [1.29, 1.82) is 0 Å². The molecule has 4 rings (SSSR count). The summed E-state index contributed by atoms with van der Waals surface area (Å²) < 4.78 is 18.5. The third-order valence-electron chi connectivity index (χ3n) is 5.55. The Bertz CT molecular complexity index is 1200. The fraction of sp³-hybridized carbons (Fsp3) is 0.269. The van der Waals surface area contributed by atoms with E-state index in [0.717, 1.165) is 24.8 Å². The Balaban J connectivity index is 1.61. The van der Waals surface area contributed by atoms with Crippen molar-refractivity contribution in [2.45, 2.75) is 33.1 Å². The van der Waals surface area contributed by atoms with Crippen LogP contribution in [0.2, 0.25) is 0 Å². The Morgan fingerprint density at radius 1 is 1.24 bits per heavy atom. The van der Waals surface area contributed by atoms with Gasteiger partial charge in [0.1, 0.15) is 10.8 Å². The quantitative estimate of drug-likeness (QED) is 0.349. The third kappa shape index (κ3) is 5.37. The van der Waals surface area contributed by atoms with Gasteiger partial charge in [-0.3, -0.25) is 4.79 Å². The molecular weight excluding hydrogens is 439 g/mol. The number of hydrogen-bond acceptors (Lipinski definition) is 5. The van der Waals surface area contributed by atoms with Crippen LogP contribution < -0.4 is 5.32 Å². The highest BCUT2D eigenvalue weighted by molar-refractivity contribution is 7.16. The first-order valence-corrected chi connectivity index (χ1v) is 11.8. The number of carbonyl (C=O) groups is 2. The zero-order chi connectivity index (χ0) is 23.4. The maximum Gasteiger partial charge on any atom is 0.338 e. The molecule has 1 amide bonds. The summed E-state index contributed by atoms with van der Waals surface area (Å²) in [4.78, 5) is 30.9. The van der Waals surface area contributed by atoms with E-state index in [4.69, 9.17) is 4.74 Å². The van der Waals surface area contributed by atoms with Crippen LogP contribution >= 0.6 is 11.3 Å². The highest BCUT2D eigenvalue weighted by Crippen LogP contribution is 2.41. The minimum Gasteiger partial charge on any atom is -0.462 e. The average molecular weight is 465 g/mol.